The molecule has 3 heteroatoms. The van der Waals surface area contributed by atoms with Crippen LogP contribution in [0.4, 0.5) is 0 Å². The number of carbonyl (C=O) groups is 1. The van der Waals surface area contributed by atoms with Gasteiger partial charge < -0.3 is 4.74 Å². The Kier molecular flexibility index (Phi) is 5.48. The van der Waals surface area contributed by atoms with Gasteiger partial charge in [0.05, 0.1) is 5.52 Å². The molecular formula is C26H25NO2. The summed E-state index contributed by atoms with van der Waals surface area (Å²) in [5.41, 5.74) is 3.82. The fourth-order valence-electron chi connectivity index (χ4n) is 3.59. The Hall–Kier alpha value is -3.33. The largest absolute Gasteiger partial charge is 0.489 e. The first-order chi connectivity index (χ1) is 14.1. The van der Waals surface area contributed by atoms with Crippen molar-refractivity contribution < 1.29 is 9.53 Å². The third-order valence-corrected chi connectivity index (χ3v) is 4.94. The van der Waals surface area contributed by atoms with E-state index in [0.29, 0.717) is 18.1 Å². The van der Waals surface area contributed by atoms with Gasteiger partial charge in [-0.05, 0) is 59.9 Å². The molecule has 0 N–H and O–H groups in total. The van der Waals surface area contributed by atoms with Gasteiger partial charge >= 0.3 is 0 Å². The monoisotopic (exact) mass is 383 g/mol. The number of fused-ring (bicyclic) bond motifs is 1. The number of benzene rings is 3. The zero-order chi connectivity index (χ0) is 20.2. The molecule has 146 valence electrons. The molecule has 0 bridgehead atoms. The van der Waals surface area contributed by atoms with Gasteiger partial charge in [0.15, 0.2) is 0 Å². The number of nitrogens with zero attached hydrogens (tertiary/aromatic N) is 1. The molecule has 0 aliphatic carbocycles. The lowest BCUT2D eigenvalue weighted by Gasteiger charge is -2.11. The lowest BCUT2D eigenvalue weighted by molar-refractivity contribution is 0.0965. The van der Waals surface area contributed by atoms with Crippen molar-refractivity contribution >= 4 is 16.8 Å². The summed E-state index contributed by atoms with van der Waals surface area (Å²) in [5, 5.41) is 1.06. The molecule has 0 saturated carbocycles. The molecular weight excluding hydrogens is 358 g/mol. The van der Waals surface area contributed by atoms with E-state index in [9.17, 15) is 4.79 Å². The Bertz CT molecular complexity index is 1140. The number of carbonyl (C=O) groups excluding carboxylic acids is 1. The van der Waals surface area contributed by atoms with Gasteiger partial charge in [0.2, 0.25) is 0 Å². The van der Waals surface area contributed by atoms with Crippen molar-refractivity contribution in [1.29, 1.82) is 0 Å². The van der Waals surface area contributed by atoms with E-state index in [-0.39, 0.29) is 5.91 Å². The van der Waals surface area contributed by atoms with E-state index >= 15 is 0 Å². The zero-order valence-corrected chi connectivity index (χ0v) is 16.8. The number of para-hydroxylation sites is 1. The summed E-state index contributed by atoms with van der Waals surface area (Å²) in [5.74, 6) is 1.43. The smallest absolute Gasteiger partial charge is 0.262 e. The summed E-state index contributed by atoms with van der Waals surface area (Å²) in [6.45, 7) is 4.85. The SMILES string of the molecule is CC(C)Cc1cccc(OCc2cccc(C(=O)n3ccc4ccccc43)c2)c1. The fraction of sp³-hybridized carbons (Fsp3) is 0.192. The molecule has 0 aliphatic rings. The van der Waals surface area contributed by atoms with E-state index in [4.69, 9.17) is 4.74 Å². The van der Waals surface area contributed by atoms with E-state index in [1.165, 1.54) is 5.56 Å². The van der Waals surface area contributed by atoms with Crippen molar-refractivity contribution in [3.05, 3.63) is 102 Å². The summed E-state index contributed by atoms with van der Waals surface area (Å²) < 4.78 is 7.69. The van der Waals surface area contributed by atoms with Crippen LogP contribution in [0.5, 0.6) is 5.75 Å². The predicted octanol–water partition coefficient (Wildman–Crippen LogP) is 6.11. The summed E-state index contributed by atoms with van der Waals surface area (Å²) >= 11 is 0. The Morgan fingerprint density at radius 3 is 2.55 bits per heavy atom. The number of ether oxygens (including phenoxy) is 1. The average molecular weight is 383 g/mol. The quantitative estimate of drug-likeness (QED) is 0.402. The standard InChI is InChI=1S/C26H25NO2/c1-19(2)15-20-7-6-11-24(17-20)29-18-21-8-5-10-23(16-21)26(28)27-14-13-22-9-3-4-12-25(22)27/h3-14,16-17,19H,15,18H2,1-2H3. The molecule has 3 aromatic carbocycles. The molecule has 0 aliphatic heterocycles. The number of hydrogen-bond donors (Lipinski definition) is 0. The van der Waals surface area contributed by atoms with Crippen molar-refractivity contribution in [3.8, 4) is 5.75 Å². The van der Waals surface area contributed by atoms with E-state index in [0.717, 1.165) is 28.6 Å². The first-order valence-corrected chi connectivity index (χ1v) is 10.0. The van der Waals surface area contributed by atoms with Crippen molar-refractivity contribution in [2.45, 2.75) is 26.9 Å². The van der Waals surface area contributed by atoms with Crippen molar-refractivity contribution in [1.82, 2.24) is 4.57 Å². The van der Waals surface area contributed by atoms with Gasteiger partial charge in [0.1, 0.15) is 12.4 Å². The third-order valence-electron chi connectivity index (χ3n) is 4.94. The average Bonchev–Trinajstić information content (AvgIpc) is 3.16. The van der Waals surface area contributed by atoms with Crippen LogP contribution in [0.1, 0.15) is 35.3 Å². The summed E-state index contributed by atoms with van der Waals surface area (Å²) in [6.07, 6.45) is 2.86. The second kappa shape index (κ2) is 8.36. The fourth-order valence-corrected chi connectivity index (χ4v) is 3.59. The van der Waals surface area contributed by atoms with E-state index in [2.05, 4.69) is 26.0 Å². The third kappa shape index (κ3) is 4.40. The molecule has 4 aromatic rings. The second-order valence-corrected chi connectivity index (χ2v) is 7.78. The van der Waals surface area contributed by atoms with Gasteiger partial charge in [0, 0.05) is 17.1 Å². The summed E-state index contributed by atoms with van der Waals surface area (Å²) in [4.78, 5) is 13.0. The van der Waals surface area contributed by atoms with Crippen LogP contribution in [0, 0.1) is 5.92 Å². The van der Waals surface area contributed by atoms with Crippen LogP contribution in [-0.4, -0.2) is 10.5 Å². The lowest BCUT2D eigenvalue weighted by Crippen LogP contribution is -2.11. The van der Waals surface area contributed by atoms with Gasteiger partial charge in [-0.25, -0.2) is 0 Å². The maximum Gasteiger partial charge on any atom is 0.262 e. The van der Waals surface area contributed by atoms with Crippen molar-refractivity contribution in [2.75, 3.05) is 0 Å². The molecule has 1 aromatic heterocycles. The molecule has 3 nitrogen and oxygen atoms in total. The minimum atomic E-state index is -0.0352. The molecule has 0 unspecified atom stereocenters. The number of rotatable bonds is 6. The maximum absolute atomic E-state index is 13.0. The van der Waals surface area contributed by atoms with Crippen LogP contribution in [0.3, 0.4) is 0 Å². The first-order valence-electron chi connectivity index (χ1n) is 10.0. The maximum atomic E-state index is 13.0. The zero-order valence-electron chi connectivity index (χ0n) is 16.8. The molecule has 1 heterocycles. The first kappa shape index (κ1) is 19.0. The summed E-state index contributed by atoms with van der Waals surface area (Å²) in [6, 6.07) is 25.8. The lowest BCUT2D eigenvalue weighted by atomic mass is 10.0. The number of aromatic nitrogens is 1. The molecule has 0 radical (unpaired) electrons. The van der Waals surface area contributed by atoms with Crippen molar-refractivity contribution in [3.63, 3.8) is 0 Å². The Morgan fingerprint density at radius 1 is 0.897 bits per heavy atom. The highest BCUT2D eigenvalue weighted by atomic mass is 16.5. The molecule has 0 saturated heterocycles. The van der Waals surface area contributed by atoms with Crippen LogP contribution in [0.25, 0.3) is 10.9 Å². The van der Waals surface area contributed by atoms with Crippen LogP contribution in [0.2, 0.25) is 0 Å². The molecule has 0 spiro atoms. The highest BCUT2D eigenvalue weighted by Crippen LogP contribution is 2.20. The second-order valence-electron chi connectivity index (χ2n) is 7.78. The minimum absolute atomic E-state index is 0.0352. The highest BCUT2D eigenvalue weighted by molar-refractivity contribution is 6.02. The van der Waals surface area contributed by atoms with E-state index in [1.807, 2.05) is 72.9 Å². The molecule has 4 rings (SSSR count). The van der Waals surface area contributed by atoms with E-state index in [1.54, 1.807) is 4.57 Å². The van der Waals surface area contributed by atoms with Gasteiger partial charge in [0.25, 0.3) is 5.91 Å². The molecule has 29 heavy (non-hydrogen) atoms. The Balaban J connectivity index is 1.50. The molecule has 0 atom stereocenters. The van der Waals surface area contributed by atoms with Gasteiger partial charge in [-0.3, -0.25) is 9.36 Å². The van der Waals surface area contributed by atoms with Crippen molar-refractivity contribution in [2.24, 2.45) is 5.92 Å². The molecule has 0 fully saturated rings. The van der Waals surface area contributed by atoms with Gasteiger partial charge in [-0.1, -0.05) is 56.3 Å². The number of hydrogen-bond acceptors (Lipinski definition) is 2. The summed E-state index contributed by atoms with van der Waals surface area (Å²) in [7, 11) is 0. The van der Waals surface area contributed by atoms with E-state index < -0.39 is 0 Å². The molecule has 0 amide bonds. The Labute approximate surface area is 171 Å². The van der Waals surface area contributed by atoms with Gasteiger partial charge in [-0.15, -0.1) is 0 Å². The normalized spacial score (nSPS) is 11.1. The van der Waals surface area contributed by atoms with Crippen LogP contribution in [0.15, 0.2) is 85.1 Å². The Morgan fingerprint density at radius 2 is 1.69 bits per heavy atom. The minimum Gasteiger partial charge on any atom is -0.489 e. The van der Waals surface area contributed by atoms with Crippen LogP contribution >= 0.6 is 0 Å². The van der Waals surface area contributed by atoms with Crippen LogP contribution < -0.4 is 4.74 Å². The van der Waals surface area contributed by atoms with Gasteiger partial charge in [-0.2, -0.15) is 0 Å². The predicted molar refractivity (Wildman–Crippen MR) is 117 cm³/mol. The topological polar surface area (TPSA) is 31.2 Å². The highest BCUT2D eigenvalue weighted by Gasteiger charge is 2.12. The van der Waals surface area contributed by atoms with Crippen LogP contribution in [-0.2, 0) is 13.0 Å².